The molecule has 19 heavy (non-hydrogen) atoms. The van der Waals surface area contributed by atoms with Gasteiger partial charge in [0.2, 0.25) is 5.82 Å². The van der Waals surface area contributed by atoms with Crippen molar-refractivity contribution in [1.29, 1.82) is 0 Å². The molecule has 0 aliphatic heterocycles. The standard InChI is InChI=1S/C12H12N6O/c1-3-17-15-11(14-16-17)9-7-13-10-6-4-5-8(2)18(10)12(9)19/h4-7H,3H2,1-2H3. The Labute approximate surface area is 108 Å². The highest BCUT2D eigenvalue weighted by Gasteiger charge is 2.13. The van der Waals surface area contributed by atoms with Crippen molar-refractivity contribution in [3.8, 4) is 11.4 Å². The average molecular weight is 256 g/mol. The minimum Gasteiger partial charge on any atom is -0.268 e. The molecular formula is C12H12N6O. The summed E-state index contributed by atoms with van der Waals surface area (Å²) in [5, 5.41) is 11.9. The number of fused-ring (bicyclic) bond motifs is 1. The summed E-state index contributed by atoms with van der Waals surface area (Å²) < 4.78 is 1.54. The largest absolute Gasteiger partial charge is 0.269 e. The molecule has 0 N–H and O–H groups in total. The van der Waals surface area contributed by atoms with Crippen molar-refractivity contribution in [1.82, 2.24) is 29.6 Å². The number of aryl methyl sites for hydroxylation is 2. The summed E-state index contributed by atoms with van der Waals surface area (Å²) in [5.74, 6) is 0.303. The van der Waals surface area contributed by atoms with Gasteiger partial charge in [-0.1, -0.05) is 6.07 Å². The van der Waals surface area contributed by atoms with Crippen molar-refractivity contribution in [2.75, 3.05) is 0 Å². The van der Waals surface area contributed by atoms with E-state index >= 15 is 0 Å². The van der Waals surface area contributed by atoms with Gasteiger partial charge in [0.05, 0.1) is 6.54 Å². The summed E-state index contributed by atoms with van der Waals surface area (Å²) in [4.78, 5) is 18.1. The lowest BCUT2D eigenvalue weighted by Crippen LogP contribution is -2.19. The van der Waals surface area contributed by atoms with Crippen LogP contribution in [0, 0.1) is 6.92 Å². The normalized spacial score (nSPS) is 11.1. The van der Waals surface area contributed by atoms with Crippen LogP contribution in [-0.4, -0.2) is 29.6 Å². The first-order chi connectivity index (χ1) is 9.20. The van der Waals surface area contributed by atoms with Crippen LogP contribution in [0.3, 0.4) is 0 Å². The van der Waals surface area contributed by atoms with Crippen molar-refractivity contribution < 1.29 is 0 Å². The van der Waals surface area contributed by atoms with E-state index < -0.39 is 0 Å². The van der Waals surface area contributed by atoms with Crippen LogP contribution in [0.25, 0.3) is 17.0 Å². The van der Waals surface area contributed by atoms with E-state index in [1.54, 1.807) is 10.5 Å². The maximum atomic E-state index is 12.5. The van der Waals surface area contributed by atoms with Crippen molar-refractivity contribution in [3.63, 3.8) is 0 Å². The molecule has 0 unspecified atom stereocenters. The molecule has 0 amide bonds. The summed E-state index contributed by atoms with van der Waals surface area (Å²) >= 11 is 0. The molecule has 0 radical (unpaired) electrons. The second-order valence-electron chi connectivity index (χ2n) is 4.14. The molecule has 3 aromatic rings. The number of hydrogen-bond donors (Lipinski definition) is 0. The lowest BCUT2D eigenvalue weighted by Gasteiger charge is -2.04. The van der Waals surface area contributed by atoms with Crippen LogP contribution < -0.4 is 5.56 Å². The second-order valence-corrected chi connectivity index (χ2v) is 4.14. The quantitative estimate of drug-likeness (QED) is 0.673. The van der Waals surface area contributed by atoms with Crippen LogP contribution in [0.2, 0.25) is 0 Å². The Morgan fingerprint density at radius 2 is 2.16 bits per heavy atom. The van der Waals surface area contributed by atoms with Crippen LogP contribution in [0.15, 0.2) is 29.2 Å². The van der Waals surface area contributed by atoms with Crippen molar-refractivity contribution in [3.05, 3.63) is 40.4 Å². The van der Waals surface area contributed by atoms with Gasteiger partial charge in [0.15, 0.2) is 0 Å². The molecule has 3 aromatic heterocycles. The lowest BCUT2D eigenvalue weighted by molar-refractivity contribution is 0.552. The maximum Gasteiger partial charge on any atom is 0.269 e. The summed E-state index contributed by atoms with van der Waals surface area (Å²) in [5.41, 5.74) is 1.60. The zero-order chi connectivity index (χ0) is 13.4. The van der Waals surface area contributed by atoms with Crippen LogP contribution >= 0.6 is 0 Å². The van der Waals surface area contributed by atoms with E-state index in [9.17, 15) is 4.79 Å². The number of hydrogen-bond acceptors (Lipinski definition) is 5. The third-order valence-electron chi connectivity index (χ3n) is 2.90. The highest BCUT2D eigenvalue weighted by Crippen LogP contribution is 2.09. The Balaban J connectivity index is 2.28. The number of pyridine rings is 1. The third kappa shape index (κ3) is 1.79. The van der Waals surface area contributed by atoms with Gasteiger partial charge in [-0.25, -0.2) is 4.98 Å². The SMILES string of the molecule is CCn1nnc(-c2cnc3cccc(C)n3c2=O)n1. The van der Waals surface area contributed by atoms with Gasteiger partial charge in [-0.2, -0.15) is 4.80 Å². The van der Waals surface area contributed by atoms with Gasteiger partial charge in [0.1, 0.15) is 11.2 Å². The fraction of sp³-hybridized carbons (Fsp3) is 0.250. The molecule has 3 heterocycles. The maximum absolute atomic E-state index is 12.5. The van der Waals surface area contributed by atoms with Gasteiger partial charge in [0, 0.05) is 11.9 Å². The Morgan fingerprint density at radius 1 is 1.32 bits per heavy atom. The lowest BCUT2D eigenvalue weighted by atomic mass is 10.3. The zero-order valence-corrected chi connectivity index (χ0v) is 10.6. The fourth-order valence-corrected chi connectivity index (χ4v) is 1.91. The molecule has 0 atom stereocenters. The number of tetrazole rings is 1. The minimum atomic E-state index is -0.182. The molecule has 0 bridgehead atoms. The number of nitrogens with zero attached hydrogens (tertiary/aromatic N) is 6. The van der Waals surface area contributed by atoms with E-state index in [1.807, 2.05) is 26.0 Å². The molecule has 0 aromatic carbocycles. The molecule has 3 rings (SSSR count). The second kappa shape index (κ2) is 4.27. The summed E-state index contributed by atoms with van der Waals surface area (Å²) in [6.07, 6.45) is 1.49. The minimum absolute atomic E-state index is 0.182. The van der Waals surface area contributed by atoms with Crippen LogP contribution in [0.5, 0.6) is 0 Å². The van der Waals surface area contributed by atoms with Crippen LogP contribution in [0.1, 0.15) is 12.6 Å². The van der Waals surface area contributed by atoms with Crippen molar-refractivity contribution in [2.45, 2.75) is 20.4 Å². The molecule has 0 saturated heterocycles. The summed E-state index contributed by atoms with van der Waals surface area (Å²) in [6, 6.07) is 5.51. The Bertz CT molecular complexity index is 803. The zero-order valence-electron chi connectivity index (χ0n) is 10.6. The molecule has 0 fully saturated rings. The molecule has 96 valence electrons. The molecule has 7 heteroatoms. The first-order valence-corrected chi connectivity index (χ1v) is 5.96. The van der Waals surface area contributed by atoms with E-state index in [-0.39, 0.29) is 5.56 Å². The summed E-state index contributed by atoms with van der Waals surface area (Å²) in [6.45, 7) is 4.37. The monoisotopic (exact) mass is 256 g/mol. The van der Waals surface area contributed by atoms with Gasteiger partial charge in [-0.15, -0.1) is 10.2 Å². The highest BCUT2D eigenvalue weighted by molar-refractivity contribution is 5.54. The molecular weight excluding hydrogens is 244 g/mol. The molecule has 0 aliphatic rings. The Kier molecular flexibility index (Phi) is 2.59. The van der Waals surface area contributed by atoms with E-state index in [1.165, 1.54) is 11.0 Å². The third-order valence-corrected chi connectivity index (χ3v) is 2.90. The van der Waals surface area contributed by atoms with Gasteiger partial charge < -0.3 is 0 Å². The van der Waals surface area contributed by atoms with Crippen LogP contribution in [-0.2, 0) is 6.54 Å². The smallest absolute Gasteiger partial charge is 0.268 e. The predicted molar refractivity (Wildman–Crippen MR) is 68.7 cm³/mol. The first-order valence-electron chi connectivity index (χ1n) is 5.96. The topological polar surface area (TPSA) is 78.0 Å². The summed E-state index contributed by atoms with van der Waals surface area (Å²) in [7, 11) is 0. The average Bonchev–Trinajstić information content (AvgIpc) is 2.88. The Morgan fingerprint density at radius 3 is 2.89 bits per heavy atom. The highest BCUT2D eigenvalue weighted by atomic mass is 16.1. The molecule has 0 aliphatic carbocycles. The number of aromatic nitrogens is 6. The van der Waals surface area contributed by atoms with Gasteiger partial charge >= 0.3 is 0 Å². The van der Waals surface area contributed by atoms with E-state index in [2.05, 4.69) is 20.4 Å². The molecule has 0 spiro atoms. The van der Waals surface area contributed by atoms with E-state index in [4.69, 9.17) is 0 Å². The predicted octanol–water partition coefficient (Wildman–Crippen LogP) is 0.676. The van der Waals surface area contributed by atoms with Crippen molar-refractivity contribution >= 4 is 5.65 Å². The fourth-order valence-electron chi connectivity index (χ4n) is 1.91. The molecule has 7 nitrogen and oxygen atoms in total. The van der Waals surface area contributed by atoms with Crippen LogP contribution in [0.4, 0.5) is 0 Å². The van der Waals surface area contributed by atoms with Gasteiger partial charge in [0.25, 0.3) is 5.56 Å². The van der Waals surface area contributed by atoms with Crippen molar-refractivity contribution in [2.24, 2.45) is 0 Å². The van der Waals surface area contributed by atoms with Gasteiger partial charge in [-0.05, 0) is 31.2 Å². The van der Waals surface area contributed by atoms with E-state index in [0.29, 0.717) is 23.6 Å². The van der Waals surface area contributed by atoms with Gasteiger partial charge in [-0.3, -0.25) is 9.20 Å². The first kappa shape index (κ1) is 11.5. The molecule has 0 saturated carbocycles. The Hall–Kier alpha value is -2.57. The number of rotatable bonds is 2. The van der Waals surface area contributed by atoms with E-state index in [0.717, 1.165) is 5.69 Å².